The highest BCUT2D eigenvalue weighted by Gasteiger charge is 2.74. The summed E-state index contributed by atoms with van der Waals surface area (Å²) in [5.41, 5.74) is 0. The highest BCUT2D eigenvalue weighted by atomic mass is 32.2. The van der Waals surface area contributed by atoms with E-state index in [1.807, 2.05) is 0 Å². The molecule has 1 aliphatic heterocycles. The minimum absolute atomic E-state index is 0.0117. The van der Waals surface area contributed by atoms with Gasteiger partial charge in [0.1, 0.15) is 12.7 Å². The summed E-state index contributed by atoms with van der Waals surface area (Å²) < 4.78 is 91.2. The van der Waals surface area contributed by atoms with Gasteiger partial charge in [-0.15, -0.1) is 0 Å². The number of hydrogen-bond donors (Lipinski definition) is 1. The zero-order valence-corrected chi connectivity index (χ0v) is 14.7. The fraction of sp³-hybridized carbons (Fsp3) is 0.800. The lowest BCUT2D eigenvalue weighted by Crippen LogP contribution is -2.55. The van der Waals surface area contributed by atoms with Crippen LogP contribution in [0.5, 0.6) is 0 Å². The molecule has 0 aromatic carbocycles. The van der Waals surface area contributed by atoms with E-state index in [2.05, 4.69) is 4.74 Å². The third kappa shape index (κ3) is 2.44. The van der Waals surface area contributed by atoms with E-state index >= 15 is 0 Å². The van der Waals surface area contributed by atoms with Gasteiger partial charge in [0.25, 0.3) is 0 Å². The minimum atomic E-state index is -6.55. The minimum Gasteiger partial charge on any atom is -0.461 e. The predicted octanol–water partition coefficient (Wildman–Crippen LogP) is 0.658. The summed E-state index contributed by atoms with van der Waals surface area (Å²) >= 11 is 0. The number of alkyl halides is 4. The number of fused-ring (bicyclic) bond motifs is 4. The molecule has 28 heavy (non-hydrogen) atoms. The summed E-state index contributed by atoms with van der Waals surface area (Å²) in [4.78, 5) is 35.5. The van der Waals surface area contributed by atoms with E-state index in [0.717, 1.165) is 0 Å². The van der Waals surface area contributed by atoms with E-state index in [-0.39, 0.29) is 35.6 Å². The van der Waals surface area contributed by atoms with Crippen molar-refractivity contribution in [2.24, 2.45) is 35.5 Å². The largest absolute Gasteiger partial charge is 0.461 e. The van der Waals surface area contributed by atoms with Crippen LogP contribution < -0.4 is 0 Å². The van der Waals surface area contributed by atoms with E-state index in [1.54, 1.807) is 0 Å². The number of hydrogen-bond acceptors (Lipinski definition) is 7. The Kier molecular flexibility index (Phi) is 3.94. The number of ether oxygens (including phenoxy) is 2. The lowest BCUT2D eigenvalue weighted by atomic mass is 9.86. The number of carbonyl (C=O) groups excluding carboxylic acids is 3. The van der Waals surface area contributed by atoms with E-state index in [4.69, 9.17) is 9.29 Å². The van der Waals surface area contributed by atoms with Crippen molar-refractivity contribution in [1.29, 1.82) is 0 Å². The van der Waals surface area contributed by atoms with Gasteiger partial charge in [0.05, 0.1) is 5.92 Å². The monoisotopic (exact) mass is 430 g/mol. The first kappa shape index (κ1) is 19.6. The first-order valence-electron chi connectivity index (χ1n) is 8.42. The van der Waals surface area contributed by atoms with Crippen molar-refractivity contribution in [3.8, 4) is 0 Å². The lowest BCUT2D eigenvalue weighted by Gasteiger charge is -2.22. The van der Waals surface area contributed by atoms with Gasteiger partial charge in [0.15, 0.2) is 5.78 Å². The van der Waals surface area contributed by atoms with Crippen molar-refractivity contribution in [2.75, 3.05) is 6.61 Å². The Labute approximate surface area is 155 Å². The molecule has 0 radical (unpaired) electrons. The fourth-order valence-corrected chi connectivity index (χ4v) is 5.81. The molecule has 1 heterocycles. The van der Waals surface area contributed by atoms with Gasteiger partial charge in [0, 0.05) is 17.8 Å². The Bertz CT molecular complexity index is 870. The fourth-order valence-electron chi connectivity index (χ4n) is 5.24. The first-order valence-corrected chi connectivity index (χ1v) is 9.86. The third-order valence-corrected chi connectivity index (χ3v) is 7.49. The van der Waals surface area contributed by atoms with Crippen molar-refractivity contribution in [1.82, 2.24) is 0 Å². The molecule has 2 bridgehead atoms. The summed E-state index contributed by atoms with van der Waals surface area (Å²) in [7, 11) is -6.55. The molecule has 4 rings (SSSR count). The number of ketones is 1. The second-order valence-electron chi connectivity index (χ2n) is 7.69. The van der Waals surface area contributed by atoms with Gasteiger partial charge in [-0.2, -0.15) is 21.6 Å². The summed E-state index contributed by atoms with van der Waals surface area (Å²) in [5, 5.41) is -5.69. The smallest absolute Gasteiger partial charge is 0.451 e. The van der Waals surface area contributed by atoms with Crippen LogP contribution in [0.15, 0.2) is 0 Å². The average molecular weight is 430 g/mol. The maximum absolute atomic E-state index is 13.8. The standard InChI is InChI=1S/C15H14F4O8S/c16-14(15(17,18)19,28(23,24)25)13(22)26-3-7(20)9-8-4-1-5-6(2-4)12(21)27-11(5)10(8)9/h4-6,8-11H,1-3H2,(H,23,24,25). The van der Waals surface area contributed by atoms with E-state index in [0.29, 0.717) is 12.8 Å². The predicted molar refractivity (Wildman–Crippen MR) is 77.5 cm³/mol. The van der Waals surface area contributed by atoms with Crippen molar-refractivity contribution in [2.45, 2.75) is 30.1 Å². The maximum atomic E-state index is 13.8. The zero-order chi connectivity index (χ0) is 20.8. The Morgan fingerprint density at radius 1 is 1.18 bits per heavy atom. The molecule has 3 aliphatic carbocycles. The van der Waals surface area contributed by atoms with Gasteiger partial charge >= 0.3 is 33.2 Å². The molecule has 3 saturated carbocycles. The van der Waals surface area contributed by atoms with Crippen LogP contribution in [-0.4, -0.2) is 54.6 Å². The Hall–Kier alpha value is -1.76. The molecule has 4 aliphatic rings. The molecular weight excluding hydrogens is 416 g/mol. The van der Waals surface area contributed by atoms with Crippen molar-refractivity contribution >= 4 is 27.8 Å². The molecule has 13 heteroatoms. The van der Waals surface area contributed by atoms with Crippen LogP contribution in [0.3, 0.4) is 0 Å². The van der Waals surface area contributed by atoms with Crippen LogP contribution in [-0.2, 0) is 34.0 Å². The van der Waals surface area contributed by atoms with E-state index < -0.39 is 51.7 Å². The lowest BCUT2D eigenvalue weighted by molar-refractivity contribution is -0.215. The van der Waals surface area contributed by atoms with Crippen LogP contribution in [0.4, 0.5) is 17.6 Å². The van der Waals surface area contributed by atoms with Crippen molar-refractivity contribution in [3.63, 3.8) is 0 Å². The van der Waals surface area contributed by atoms with Crippen LogP contribution in [0.2, 0.25) is 0 Å². The Morgan fingerprint density at radius 3 is 2.39 bits per heavy atom. The summed E-state index contributed by atoms with van der Waals surface area (Å²) in [5.74, 6) is -5.43. The van der Waals surface area contributed by atoms with Crippen molar-refractivity contribution < 1.29 is 54.4 Å². The molecular formula is C15H14F4O8S. The number of halogens is 4. The van der Waals surface area contributed by atoms with Crippen LogP contribution in [0.25, 0.3) is 0 Å². The molecule has 156 valence electrons. The molecule has 0 aromatic rings. The van der Waals surface area contributed by atoms with E-state index in [9.17, 15) is 40.4 Å². The molecule has 0 amide bonds. The van der Waals surface area contributed by atoms with Gasteiger partial charge in [-0.3, -0.25) is 14.1 Å². The average Bonchev–Trinajstić information content (AvgIpc) is 3.06. The Balaban J connectivity index is 1.44. The van der Waals surface area contributed by atoms with Gasteiger partial charge in [-0.1, -0.05) is 0 Å². The SMILES string of the molecule is O=C1OC2C3CC(CC13)C1C(C(=O)COC(=O)C(F)(C(F)(F)F)S(=O)(=O)O)C21. The molecule has 8 nitrogen and oxygen atoms in total. The van der Waals surface area contributed by atoms with Crippen molar-refractivity contribution in [3.05, 3.63) is 0 Å². The molecule has 1 saturated heterocycles. The quantitative estimate of drug-likeness (QED) is 0.383. The summed E-state index contributed by atoms with van der Waals surface area (Å²) in [6, 6.07) is 0. The van der Waals surface area contributed by atoms with Crippen LogP contribution >= 0.6 is 0 Å². The van der Waals surface area contributed by atoms with Crippen LogP contribution in [0, 0.1) is 35.5 Å². The maximum Gasteiger partial charge on any atom is 0.451 e. The van der Waals surface area contributed by atoms with Gasteiger partial charge in [0.2, 0.25) is 0 Å². The first-order chi connectivity index (χ1) is 12.8. The molecule has 8 atom stereocenters. The highest BCUT2D eigenvalue weighted by molar-refractivity contribution is 7.88. The topological polar surface area (TPSA) is 124 Å². The number of Topliss-reactive ketones (excluding diaryl/α,β-unsaturated/α-hetero) is 1. The number of carbonyl (C=O) groups is 3. The summed E-state index contributed by atoms with van der Waals surface area (Å²) in [6.07, 6.45) is -5.54. The molecule has 4 fully saturated rings. The molecule has 1 N–H and O–H groups in total. The molecule has 8 unspecified atom stereocenters. The van der Waals surface area contributed by atoms with Gasteiger partial charge in [-0.25, -0.2) is 9.18 Å². The van der Waals surface area contributed by atoms with E-state index in [1.165, 1.54) is 0 Å². The summed E-state index contributed by atoms with van der Waals surface area (Å²) in [6.45, 7) is -1.28. The highest BCUT2D eigenvalue weighted by Crippen LogP contribution is 2.68. The van der Waals surface area contributed by atoms with Crippen LogP contribution in [0.1, 0.15) is 12.8 Å². The number of rotatable bonds is 5. The molecule has 0 spiro atoms. The second-order valence-corrected chi connectivity index (χ2v) is 9.21. The van der Waals surface area contributed by atoms with Gasteiger partial charge < -0.3 is 9.47 Å². The third-order valence-electron chi connectivity index (χ3n) is 6.38. The zero-order valence-electron chi connectivity index (χ0n) is 13.9. The second kappa shape index (κ2) is 5.65. The number of esters is 2. The van der Waals surface area contributed by atoms with Gasteiger partial charge in [-0.05, 0) is 24.7 Å². The molecule has 0 aromatic heterocycles. The normalized spacial score (nSPS) is 40.3. The Morgan fingerprint density at radius 2 is 1.82 bits per heavy atom.